The van der Waals surface area contributed by atoms with E-state index in [-0.39, 0.29) is 0 Å². The predicted molar refractivity (Wildman–Crippen MR) is 64.2 cm³/mol. The molecular weight excluding hydrogens is 242 g/mol. The van der Waals surface area contributed by atoms with Crippen molar-refractivity contribution in [3.63, 3.8) is 0 Å². The van der Waals surface area contributed by atoms with Crippen LogP contribution < -0.4 is 11.5 Å². The van der Waals surface area contributed by atoms with Crippen molar-refractivity contribution in [1.82, 2.24) is 4.98 Å². The van der Waals surface area contributed by atoms with Crippen LogP contribution in [-0.4, -0.2) is 27.2 Å². The molecule has 2 atom stereocenters. The molecule has 2 rings (SSSR count). The van der Waals surface area contributed by atoms with Crippen LogP contribution in [0.15, 0.2) is 18.2 Å². The van der Waals surface area contributed by atoms with Crippen molar-refractivity contribution in [3.8, 4) is 0 Å². The first-order chi connectivity index (χ1) is 7.99. The third kappa shape index (κ3) is 2.21. The number of thiazole rings is 1. The molecule has 0 aliphatic carbocycles. The van der Waals surface area contributed by atoms with Gasteiger partial charge in [-0.05, 0) is 17.7 Å². The number of nitrogen functional groups attached to an aromatic ring is 1. The summed E-state index contributed by atoms with van der Waals surface area (Å²) in [6.45, 7) is 0. The first kappa shape index (κ1) is 11.8. The van der Waals surface area contributed by atoms with Crippen LogP contribution in [0.4, 0.5) is 5.13 Å². The highest BCUT2D eigenvalue weighted by Gasteiger charge is 2.23. The highest BCUT2D eigenvalue weighted by molar-refractivity contribution is 7.22. The number of nitrogens with zero attached hydrogens (tertiary/aromatic N) is 1. The molecule has 0 spiro atoms. The van der Waals surface area contributed by atoms with Crippen molar-refractivity contribution in [2.45, 2.75) is 12.2 Å². The highest BCUT2D eigenvalue weighted by atomic mass is 32.1. The minimum atomic E-state index is -1.63. The van der Waals surface area contributed by atoms with Gasteiger partial charge >= 0.3 is 0 Å². The molecule has 0 saturated heterocycles. The average molecular weight is 253 g/mol. The number of aliphatic hydroxyl groups excluding tert-OH is 2. The summed E-state index contributed by atoms with van der Waals surface area (Å²) in [6.07, 6.45) is -2.97. The van der Waals surface area contributed by atoms with E-state index in [4.69, 9.17) is 11.5 Å². The smallest absolute Gasteiger partial charge is 0.249 e. The predicted octanol–water partition coefficient (Wildman–Crippen LogP) is -0.242. The van der Waals surface area contributed by atoms with E-state index >= 15 is 0 Å². The van der Waals surface area contributed by atoms with Gasteiger partial charge in [0, 0.05) is 0 Å². The van der Waals surface area contributed by atoms with Crippen LogP contribution in [0.5, 0.6) is 0 Å². The largest absolute Gasteiger partial charge is 0.385 e. The zero-order chi connectivity index (χ0) is 12.6. The Hall–Kier alpha value is -1.70. The van der Waals surface area contributed by atoms with E-state index in [1.165, 1.54) is 11.3 Å². The van der Waals surface area contributed by atoms with Gasteiger partial charge in [-0.25, -0.2) is 4.98 Å². The Labute approximate surface area is 100 Å². The lowest BCUT2D eigenvalue weighted by Gasteiger charge is -2.14. The number of anilines is 1. The maximum absolute atomic E-state index is 10.8. The number of carbonyl (C=O) groups excluding carboxylic acids is 1. The first-order valence-electron chi connectivity index (χ1n) is 4.80. The molecule has 0 fully saturated rings. The number of amides is 1. The second-order valence-electron chi connectivity index (χ2n) is 3.57. The molecule has 1 aromatic heterocycles. The van der Waals surface area contributed by atoms with Crippen molar-refractivity contribution >= 4 is 32.6 Å². The number of rotatable bonds is 3. The van der Waals surface area contributed by atoms with E-state index in [2.05, 4.69) is 4.98 Å². The Morgan fingerprint density at radius 1 is 1.41 bits per heavy atom. The maximum atomic E-state index is 10.8. The van der Waals surface area contributed by atoms with E-state index in [0.29, 0.717) is 16.2 Å². The molecule has 1 amide bonds. The Bertz CT molecular complexity index is 569. The van der Waals surface area contributed by atoms with Gasteiger partial charge in [-0.15, -0.1) is 0 Å². The number of nitrogens with two attached hydrogens (primary N) is 2. The quantitative estimate of drug-likeness (QED) is 0.601. The molecular formula is C10H11N3O3S. The second-order valence-corrected chi connectivity index (χ2v) is 4.63. The SMILES string of the molecule is NC(=O)C(O)C(O)c1ccc2nc(N)sc2c1. The van der Waals surface area contributed by atoms with Crippen molar-refractivity contribution in [2.24, 2.45) is 5.73 Å². The third-order valence-electron chi connectivity index (χ3n) is 2.36. The van der Waals surface area contributed by atoms with Gasteiger partial charge in [0.25, 0.3) is 0 Å². The number of aliphatic hydroxyl groups is 2. The maximum Gasteiger partial charge on any atom is 0.249 e. The van der Waals surface area contributed by atoms with Crippen LogP contribution >= 0.6 is 11.3 Å². The molecule has 0 bridgehead atoms. The number of benzene rings is 1. The molecule has 0 saturated carbocycles. The van der Waals surface area contributed by atoms with E-state index < -0.39 is 18.1 Å². The summed E-state index contributed by atoms with van der Waals surface area (Å²) in [5, 5.41) is 19.5. The van der Waals surface area contributed by atoms with Gasteiger partial charge in [0.05, 0.1) is 10.2 Å². The van der Waals surface area contributed by atoms with Crippen LogP contribution in [0.1, 0.15) is 11.7 Å². The number of fused-ring (bicyclic) bond motifs is 1. The topological polar surface area (TPSA) is 122 Å². The Kier molecular flexibility index (Phi) is 2.97. The highest BCUT2D eigenvalue weighted by Crippen LogP contribution is 2.27. The molecule has 0 aliphatic heterocycles. The van der Waals surface area contributed by atoms with Crippen molar-refractivity contribution in [1.29, 1.82) is 0 Å². The normalized spacial score (nSPS) is 14.7. The minimum Gasteiger partial charge on any atom is -0.385 e. The third-order valence-corrected chi connectivity index (χ3v) is 3.21. The van der Waals surface area contributed by atoms with E-state index in [1.807, 2.05) is 0 Å². The van der Waals surface area contributed by atoms with Gasteiger partial charge in [0.1, 0.15) is 6.10 Å². The lowest BCUT2D eigenvalue weighted by molar-refractivity contribution is -0.131. The van der Waals surface area contributed by atoms with E-state index in [9.17, 15) is 15.0 Å². The number of aromatic nitrogens is 1. The van der Waals surface area contributed by atoms with Gasteiger partial charge < -0.3 is 21.7 Å². The summed E-state index contributed by atoms with van der Waals surface area (Å²) in [4.78, 5) is 14.8. The molecule has 6 nitrogen and oxygen atoms in total. The second kappa shape index (κ2) is 4.28. The van der Waals surface area contributed by atoms with Gasteiger partial charge in [-0.3, -0.25) is 4.79 Å². The molecule has 7 heteroatoms. The van der Waals surface area contributed by atoms with E-state index in [0.717, 1.165) is 4.70 Å². The monoisotopic (exact) mass is 253 g/mol. The summed E-state index contributed by atoms with van der Waals surface area (Å²) in [5.74, 6) is -0.971. The summed E-state index contributed by atoms with van der Waals surface area (Å²) in [6, 6.07) is 4.85. The molecule has 1 aromatic carbocycles. The van der Waals surface area contributed by atoms with Crippen LogP contribution in [0.25, 0.3) is 10.2 Å². The molecule has 2 unspecified atom stereocenters. The molecule has 6 N–H and O–H groups in total. The first-order valence-corrected chi connectivity index (χ1v) is 5.62. The molecule has 1 heterocycles. The van der Waals surface area contributed by atoms with Crippen molar-refractivity contribution in [2.75, 3.05) is 5.73 Å². The summed E-state index contributed by atoms with van der Waals surface area (Å²) in [7, 11) is 0. The van der Waals surface area contributed by atoms with Crippen LogP contribution in [0, 0.1) is 0 Å². The number of hydrogen-bond donors (Lipinski definition) is 4. The fourth-order valence-corrected chi connectivity index (χ4v) is 2.26. The van der Waals surface area contributed by atoms with Gasteiger partial charge in [0.2, 0.25) is 5.91 Å². The lowest BCUT2D eigenvalue weighted by atomic mass is 10.0. The summed E-state index contributed by atoms with van der Waals surface area (Å²) >= 11 is 1.26. The van der Waals surface area contributed by atoms with E-state index in [1.54, 1.807) is 18.2 Å². The van der Waals surface area contributed by atoms with Crippen LogP contribution in [0.3, 0.4) is 0 Å². The van der Waals surface area contributed by atoms with Gasteiger partial charge in [0.15, 0.2) is 11.2 Å². The molecule has 90 valence electrons. The van der Waals surface area contributed by atoms with Gasteiger partial charge in [-0.2, -0.15) is 0 Å². The van der Waals surface area contributed by atoms with Gasteiger partial charge in [-0.1, -0.05) is 17.4 Å². The lowest BCUT2D eigenvalue weighted by Crippen LogP contribution is -2.33. The Balaban J connectivity index is 2.38. The van der Waals surface area contributed by atoms with Crippen LogP contribution in [-0.2, 0) is 4.79 Å². The minimum absolute atomic E-state index is 0.396. The Morgan fingerprint density at radius 2 is 2.12 bits per heavy atom. The molecule has 2 aromatic rings. The zero-order valence-electron chi connectivity index (χ0n) is 8.70. The molecule has 0 radical (unpaired) electrons. The number of carbonyl (C=O) groups is 1. The fraction of sp³-hybridized carbons (Fsp3) is 0.200. The van der Waals surface area contributed by atoms with Crippen LogP contribution in [0.2, 0.25) is 0 Å². The van der Waals surface area contributed by atoms with Crippen molar-refractivity contribution in [3.05, 3.63) is 23.8 Å². The standard InChI is InChI=1S/C10H11N3O3S/c11-9(16)8(15)7(14)4-1-2-5-6(3-4)17-10(12)13-5/h1-3,7-8,14-15H,(H2,11,16)(H2,12,13). The average Bonchev–Trinajstić information content (AvgIpc) is 2.65. The molecule has 17 heavy (non-hydrogen) atoms. The van der Waals surface area contributed by atoms with Crippen molar-refractivity contribution < 1.29 is 15.0 Å². The number of primary amides is 1. The molecule has 0 aliphatic rings. The summed E-state index contributed by atoms with van der Waals surface area (Å²) in [5.41, 5.74) is 11.6. The summed E-state index contributed by atoms with van der Waals surface area (Å²) < 4.78 is 0.774. The fourth-order valence-electron chi connectivity index (χ4n) is 1.48. The number of hydrogen-bond acceptors (Lipinski definition) is 6. The Morgan fingerprint density at radius 3 is 2.76 bits per heavy atom. The zero-order valence-corrected chi connectivity index (χ0v) is 9.52.